The molecule has 0 unspecified atom stereocenters. The Morgan fingerprint density at radius 3 is 2.55 bits per heavy atom. The number of carbonyl (C=O) groups excluding carboxylic acids is 1. The van der Waals surface area contributed by atoms with Crippen LogP contribution in [0.3, 0.4) is 0 Å². The van der Waals surface area contributed by atoms with Crippen molar-refractivity contribution in [1.82, 2.24) is 38.8 Å². The molecule has 5 aromatic rings. The molecule has 1 N–H and O–H groups in total. The molecule has 0 fully saturated rings. The number of fused-ring (bicyclic) bond motifs is 1. The quantitative estimate of drug-likeness (QED) is 0.321. The molecule has 5 aromatic heterocycles. The highest BCUT2D eigenvalue weighted by molar-refractivity contribution is 5.93. The van der Waals surface area contributed by atoms with Gasteiger partial charge in [0.25, 0.3) is 5.56 Å². The van der Waals surface area contributed by atoms with Crippen molar-refractivity contribution in [2.45, 2.75) is 39.3 Å². The van der Waals surface area contributed by atoms with Crippen LogP contribution in [0.4, 0.5) is 14.6 Å². The van der Waals surface area contributed by atoms with E-state index in [0.717, 1.165) is 4.57 Å². The summed E-state index contributed by atoms with van der Waals surface area (Å²) >= 11 is 0. The van der Waals surface area contributed by atoms with Crippen molar-refractivity contribution >= 4 is 22.9 Å². The first kappa shape index (κ1) is 26.5. The molecule has 15 heteroatoms. The summed E-state index contributed by atoms with van der Waals surface area (Å²) in [7, 11) is 1.48. The normalized spacial score (nSPS) is 12.6. The molecule has 13 nitrogen and oxygen atoms in total. The molecule has 0 aliphatic rings. The fraction of sp³-hybridized carbons (Fsp3) is 0.280. The lowest BCUT2D eigenvalue weighted by Gasteiger charge is -2.15. The third-order valence-electron chi connectivity index (χ3n) is 6.19. The number of hydrogen-bond donors (Lipinski definition) is 1. The van der Waals surface area contributed by atoms with Gasteiger partial charge in [-0.2, -0.15) is 8.78 Å². The van der Waals surface area contributed by atoms with Gasteiger partial charge in [-0.1, -0.05) is 11.2 Å². The molecule has 0 aliphatic carbocycles. The number of nitrogens with zero attached hydrogens (tertiary/aromatic N) is 8. The number of nitrogens with one attached hydrogen (secondary N) is 1. The van der Waals surface area contributed by atoms with Crippen LogP contribution < -0.4 is 16.6 Å². The van der Waals surface area contributed by atoms with Gasteiger partial charge in [0.15, 0.2) is 17.0 Å². The molecule has 5 heterocycles. The van der Waals surface area contributed by atoms with Gasteiger partial charge in [-0.05, 0) is 26.0 Å². The van der Waals surface area contributed by atoms with Crippen LogP contribution in [0.2, 0.25) is 0 Å². The Morgan fingerprint density at radius 2 is 1.90 bits per heavy atom. The van der Waals surface area contributed by atoms with E-state index in [1.807, 2.05) is 0 Å². The van der Waals surface area contributed by atoms with Gasteiger partial charge in [-0.25, -0.2) is 24.7 Å². The number of alkyl halides is 2. The monoisotopic (exact) mass is 551 g/mol. The average Bonchev–Trinajstić information content (AvgIpc) is 3.55. The number of aryl methyl sites for hydroxylation is 2. The van der Waals surface area contributed by atoms with Gasteiger partial charge in [0.1, 0.15) is 23.3 Å². The molecule has 40 heavy (non-hydrogen) atoms. The molecule has 0 spiro atoms. The van der Waals surface area contributed by atoms with Gasteiger partial charge in [0, 0.05) is 38.0 Å². The third kappa shape index (κ3) is 4.88. The van der Waals surface area contributed by atoms with Crippen molar-refractivity contribution in [3.63, 3.8) is 0 Å². The van der Waals surface area contributed by atoms with Crippen LogP contribution in [0.1, 0.15) is 37.2 Å². The van der Waals surface area contributed by atoms with Crippen LogP contribution in [-0.2, 0) is 24.3 Å². The summed E-state index contributed by atoms with van der Waals surface area (Å²) in [4.78, 5) is 55.4. The molecule has 0 aromatic carbocycles. The average molecular weight is 552 g/mol. The number of amides is 1. The number of hydrogen-bond acceptors (Lipinski definition) is 9. The third-order valence-corrected chi connectivity index (χ3v) is 6.19. The highest BCUT2D eigenvalue weighted by Crippen LogP contribution is 2.25. The smallest absolute Gasteiger partial charge is 0.332 e. The van der Waals surface area contributed by atoms with Gasteiger partial charge < -0.3 is 14.4 Å². The number of anilines is 1. The lowest BCUT2D eigenvalue weighted by Crippen LogP contribution is -2.40. The zero-order valence-electron chi connectivity index (χ0n) is 21.8. The predicted octanol–water partition coefficient (Wildman–Crippen LogP) is 2.40. The molecule has 5 rings (SSSR count). The van der Waals surface area contributed by atoms with Crippen molar-refractivity contribution in [2.24, 2.45) is 7.05 Å². The van der Waals surface area contributed by atoms with Gasteiger partial charge in [0.05, 0.1) is 18.6 Å². The standard InChI is InChI=1S/C25H23F2N9O4/c1-13-8-16(33-40-13)11-35-22(38)19-20(34(4)24(35)39)30-12-36(19)14(2)21(37)32-18-7-5-6-17(31-18)15-9-28-23(29-10-15)25(3,26)27/h5-10,12,14H,11H2,1-4H3,(H,31,32,37)/t14-/m0/s1. The minimum Gasteiger partial charge on any atom is -0.361 e. The summed E-state index contributed by atoms with van der Waals surface area (Å²) in [6.45, 7) is 3.83. The highest BCUT2D eigenvalue weighted by Gasteiger charge is 2.28. The zero-order chi connectivity index (χ0) is 28.8. The maximum absolute atomic E-state index is 13.4. The van der Waals surface area contributed by atoms with Crippen LogP contribution in [0.25, 0.3) is 22.4 Å². The van der Waals surface area contributed by atoms with Crippen LogP contribution in [-0.4, -0.2) is 44.7 Å². The molecule has 0 aliphatic heterocycles. The molecular formula is C25H23F2N9O4. The Bertz CT molecular complexity index is 1850. The maximum Gasteiger partial charge on any atom is 0.332 e. The van der Waals surface area contributed by atoms with Crippen LogP contribution in [0.15, 0.2) is 57.1 Å². The Hall–Kier alpha value is -5.08. The van der Waals surface area contributed by atoms with Gasteiger partial charge in [-0.15, -0.1) is 0 Å². The van der Waals surface area contributed by atoms with Crippen molar-refractivity contribution in [1.29, 1.82) is 0 Å². The van der Waals surface area contributed by atoms with E-state index in [-0.39, 0.29) is 23.5 Å². The minimum absolute atomic E-state index is 0.0524. The van der Waals surface area contributed by atoms with Crippen LogP contribution in [0.5, 0.6) is 0 Å². The van der Waals surface area contributed by atoms with Crippen molar-refractivity contribution < 1.29 is 18.1 Å². The minimum atomic E-state index is -3.18. The number of carbonyl (C=O) groups is 1. The first-order valence-corrected chi connectivity index (χ1v) is 12.0. The fourth-order valence-corrected chi connectivity index (χ4v) is 4.09. The van der Waals surface area contributed by atoms with Gasteiger partial charge >= 0.3 is 11.6 Å². The van der Waals surface area contributed by atoms with Crippen molar-refractivity contribution in [3.05, 3.63) is 81.1 Å². The lowest BCUT2D eigenvalue weighted by molar-refractivity contribution is -0.118. The topological polar surface area (TPSA) is 156 Å². The van der Waals surface area contributed by atoms with Crippen LogP contribution >= 0.6 is 0 Å². The Morgan fingerprint density at radius 1 is 1.18 bits per heavy atom. The number of halogens is 2. The Labute approximate surface area is 224 Å². The first-order chi connectivity index (χ1) is 18.9. The molecule has 0 radical (unpaired) electrons. The Balaban J connectivity index is 1.43. The van der Waals surface area contributed by atoms with E-state index in [9.17, 15) is 23.2 Å². The molecule has 0 saturated heterocycles. The highest BCUT2D eigenvalue weighted by atomic mass is 19.3. The van der Waals surface area contributed by atoms with Crippen molar-refractivity contribution in [3.8, 4) is 11.3 Å². The van der Waals surface area contributed by atoms with E-state index in [4.69, 9.17) is 4.52 Å². The molecule has 0 saturated carbocycles. The second kappa shape index (κ2) is 9.91. The van der Waals surface area contributed by atoms with E-state index < -0.39 is 34.9 Å². The summed E-state index contributed by atoms with van der Waals surface area (Å²) in [5.41, 5.74) is 0.0488. The molecule has 206 valence electrons. The number of imidazole rings is 1. The summed E-state index contributed by atoms with van der Waals surface area (Å²) in [6.07, 6.45) is 3.76. The summed E-state index contributed by atoms with van der Waals surface area (Å²) < 4.78 is 35.5. The summed E-state index contributed by atoms with van der Waals surface area (Å²) in [6, 6.07) is 5.47. The first-order valence-electron chi connectivity index (χ1n) is 12.0. The molecule has 1 amide bonds. The molecule has 1 atom stereocenters. The Kier molecular flexibility index (Phi) is 6.57. The zero-order valence-corrected chi connectivity index (χ0v) is 21.8. The van der Waals surface area contributed by atoms with Gasteiger partial charge in [0.2, 0.25) is 5.91 Å². The SMILES string of the molecule is Cc1cc(Cn2c(=O)c3c(ncn3[C@@H](C)C(=O)Nc3cccc(-c4cnc(C(C)(F)F)nc4)n3)n(C)c2=O)no1. The summed E-state index contributed by atoms with van der Waals surface area (Å²) in [5.74, 6) is -3.61. The van der Waals surface area contributed by atoms with E-state index in [0.29, 0.717) is 29.6 Å². The largest absolute Gasteiger partial charge is 0.361 e. The molecular weight excluding hydrogens is 528 g/mol. The van der Waals surface area contributed by atoms with Crippen molar-refractivity contribution in [2.75, 3.05) is 5.32 Å². The predicted molar refractivity (Wildman–Crippen MR) is 138 cm³/mol. The lowest BCUT2D eigenvalue weighted by atomic mass is 10.2. The number of rotatable bonds is 7. The second-order valence-electron chi connectivity index (χ2n) is 9.24. The summed E-state index contributed by atoms with van der Waals surface area (Å²) in [5, 5.41) is 6.53. The van der Waals surface area contributed by atoms with Crippen LogP contribution in [0, 0.1) is 6.92 Å². The van der Waals surface area contributed by atoms with E-state index >= 15 is 0 Å². The molecule has 0 bridgehead atoms. The number of pyridine rings is 1. The number of aromatic nitrogens is 8. The second-order valence-corrected chi connectivity index (χ2v) is 9.24. The van der Waals surface area contributed by atoms with E-state index in [1.54, 1.807) is 38.1 Å². The van der Waals surface area contributed by atoms with Gasteiger partial charge in [-0.3, -0.25) is 18.7 Å². The fourth-order valence-electron chi connectivity index (χ4n) is 4.09. The maximum atomic E-state index is 13.4. The van der Waals surface area contributed by atoms with E-state index in [1.165, 1.54) is 34.9 Å². The van der Waals surface area contributed by atoms with E-state index in [2.05, 4.69) is 30.4 Å².